The predicted molar refractivity (Wildman–Crippen MR) is 79.8 cm³/mol. The topological polar surface area (TPSA) is 70.2 Å². The molecule has 5 nitrogen and oxygen atoms in total. The Labute approximate surface area is 119 Å². The highest BCUT2D eigenvalue weighted by atomic mass is 16.2. The summed E-state index contributed by atoms with van der Waals surface area (Å²) in [5, 5.41) is 8.43. The molecule has 0 aliphatic heterocycles. The molecule has 0 fully saturated rings. The second-order valence-corrected chi connectivity index (χ2v) is 4.26. The van der Waals surface area contributed by atoms with Gasteiger partial charge in [0.1, 0.15) is 5.70 Å². The van der Waals surface area contributed by atoms with E-state index in [1.165, 1.54) is 6.92 Å². The molecule has 0 spiro atoms. The van der Waals surface area contributed by atoms with E-state index in [0.29, 0.717) is 13.1 Å². The average molecular weight is 275 g/mol. The van der Waals surface area contributed by atoms with E-state index in [1.807, 2.05) is 37.3 Å². The number of nitrogens with one attached hydrogen (secondary N) is 3. The van der Waals surface area contributed by atoms with Crippen molar-refractivity contribution in [2.75, 3.05) is 19.6 Å². The number of hydrogen-bond donors (Lipinski definition) is 3. The Morgan fingerprint density at radius 3 is 2.45 bits per heavy atom. The Morgan fingerprint density at radius 2 is 1.85 bits per heavy atom. The average Bonchev–Trinajstić information content (AvgIpc) is 2.43. The first-order valence-corrected chi connectivity index (χ1v) is 6.66. The number of rotatable bonds is 7. The molecule has 0 aromatic heterocycles. The van der Waals surface area contributed by atoms with Gasteiger partial charge in [0, 0.05) is 20.0 Å². The van der Waals surface area contributed by atoms with E-state index in [4.69, 9.17) is 0 Å². The lowest BCUT2D eigenvalue weighted by molar-refractivity contribution is -0.122. The van der Waals surface area contributed by atoms with Gasteiger partial charge in [-0.05, 0) is 18.2 Å². The summed E-state index contributed by atoms with van der Waals surface area (Å²) in [6, 6.07) is 9.38. The molecule has 2 amide bonds. The van der Waals surface area contributed by atoms with Gasteiger partial charge in [0.25, 0.3) is 5.91 Å². The number of likely N-dealkylation sites (N-methyl/N-ethyl adjacent to an activating group) is 1. The quantitative estimate of drug-likeness (QED) is 0.511. The van der Waals surface area contributed by atoms with Gasteiger partial charge in [-0.15, -0.1) is 0 Å². The largest absolute Gasteiger partial charge is 0.349 e. The third-order valence-electron chi connectivity index (χ3n) is 2.50. The predicted octanol–water partition coefficient (Wildman–Crippen LogP) is 0.889. The van der Waals surface area contributed by atoms with Crippen LogP contribution in [0, 0.1) is 0 Å². The van der Waals surface area contributed by atoms with E-state index < -0.39 is 0 Å². The van der Waals surface area contributed by atoms with E-state index >= 15 is 0 Å². The molecule has 0 bridgehead atoms. The second kappa shape index (κ2) is 8.87. The van der Waals surface area contributed by atoms with Crippen LogP contribution in [0.4, 0.5) is 0 Å². The number of benzene rings is 1. The smallest absolute Gasteiger partial charge is 0.267 e. The fourth-order valence-corrected chi connectivity index (χ4v) is 1.60. The minimum atomic E-state index is -0.290. The number of hydrogen-bond acceptors (Lipinski definition) is 3. The minimum Gasteiger partial charge on any atom is -0.349 e. The zero-order chi connectivity index (χ0) is 14.8. The summed E-state index contributed by atoms with van der Waals surface area (Å²) in [7, 11) is 0. The summed E-state index contributed by atoms with van der Waals surface area (Å²) in [4.78, 5) is 23.2. The van der Waals surface area contributed by atoms with Crippen molar-refractivity contribution in [2.24, 2.45) is 0 Å². The normalized spacial score (nSPS) is 11.0. The molecule has 0 atom stereocenters. The van der Waals surface area contributed by atoms with Crippen molar-refractivity contribution in [2.45, 2.75) is 13.8 Å². The first-order chi connectivity index (χ1) is 9.63. The summed E-state index contributed by atoms with van der Waals surface area (Å²) in [5.74, 6) is -0.559. The van der Waals surface area contributed by atoms with Gasteiger partial charge in [-0.2, -0.15) is 0 Å². The molecule has 0 unspecified atom stereocenters. The van der Waals surface area contributed by atoms with Crippen LogP contribution in [-0.4, -0.2) is 31.4 Å². The molecular formula is C15H21N3O2. The zero-order valence-electron chi connectivity index (χ0n) is 11.9. The molecule has 0 aliphatic carbocycles. The highest BCUT2D eigenvalue weighted by Gasteiger charge is 2.10. The highest BCUT2D eigenvalue weighted by molar-refractivity contribution is 6.00. The number of amides is 2. The Hall–Kier alpha value is -2.14. The van der Waals surface area contributed by atoms with Crippen LogP contribution in [0.3, 0.4) is 0 Å². The van der Waals surface area contributed by atoms with Crippen molar-refractivity contribution in [1.29, 1.82) is 0 Å². The van der Waals surface area contributed by atoms with Crippen molar-refractivity contribution in [3.05, 3.63) is 41.6 Å². The van der Waals surface area contributed by atoms with Crippen molar-refractivity contribution in [1.82, 2.24) is 16.0 Å². The van der Waals surface area contributed by atoms with Crippen molar-refractivity contribution < 1.29 is 9.59 Å². The van der Waals surface area contributed by atoms with E-state index in [-0.39, 0.29) is 17.5 Å². The molecule has 3 N–H and O–H groups in total. The zero-order valence-corrected chi connectivity index (χ0v) is 11.9. The Balaban J connectivity index is 2.71. The first-order valence-electron chi connectivity index (χ1n) is 6.66. The van der Waals surface area contributed by atoms with E-state index in [0.717, 1.165) is 12.1 Å². The molecule has 1 rings (SSSR count). The summed E-state index contributed by atoms with van der Waals surface area (Å²) in [6.45, 7) is 5.44. The van der Waals surface area contributed by atoms with E-state index in [9.17, 15) is 9.59 Å². The maximum Gasteiger partial charge on any atom is 0.267 e. The van der Waals surface area contributed by atoms with Gasteiger partial charge in [0.2, 0.25) is 5.91 Å². The van der Waals surface area contributed by atoms with E-state index in [1.54, 1.807) is 6.08 Å². The molecule has 5 heteroatoms. The van der Waals surface area contributed by atoms with Crippen LogP contribution >= 0.6 is 0 Å². The van der Waals surface area contributed by atoms with Crippen LogP contribution in [0.5, 0.6) is 0 Å². The van der Waals surface area contributed by atoms with Gasteiger partial charge < -0.3 is 16.0 Å². The number of carbonyl (C=O) groups is 2. The maximum atomic E-state index is 12.0. The van der Waals surface area contributed by atoms with Crippen LogP contribution in [0.1, 0.15) is 19.4 Å². The second-order valence-electron chi connectivity index (χ2n) is 4.26. The summed E-state index contributed by atoms with van der Waals surface area (Å²) < 4.78 is 0. The van der Waals surface area contributed by atoms with Gasteiger partial charge in [0.05, 0.1) is 0 Å². The van der Waals surface area contributed by atoms with E-state index in [2.05, 4.69) is 16.0 Å². The van der Waals surface area contributed by atoms with Crippen LogP contribution in [-0.2, 0) is 9.59 Å². The van der Waals surface area contributed by atoms with Crippen LogP contribution in [0.25, 0.3) is 6.08 Å². The highest BCUT2D eigenvalue weighted by Crippen LogP contribution is 2.04. The lowest BCUT2D eigenvalue weighted by Gasteiger charge is -2.10. The lowest BCUT2D eigenvalue weighted by atomic mass is 10.2. The fraction of sp³-hybridized carbons (Fsp3) is 0.333. The molecule has 0 saturated carbocycles. The van der Waals surface area contributed by atoms with Gasteiger partial charge >= 0.3 is 0 Å². The van der Waals surface area contributed by atoms with Gasteiger partial charge in [0.15, 0.2) is 0 Å². The summed E-state index contributed by atoms with van der Waals surface area (Å²) >= 11 is 0. The van der Waals surface area contributed by atoms with Crippen LogP contribution in [0.15, 0.2) is 36.0 Å². The van der Waals surface area contributed by atoms with Gasteiger partial charge in [-0.1, -0.05) is 37.3 Å². The van der Waals surface area contributed by atoms with Crippen LogP contribution in [0.2, 0.25) is 0 Å². The molecular weight excluding hydrogens is 254 g/mol. The van der Waals surface area contributed by atoms with Crippen LogP contribution < -0.4 is 16.0 Å². The molecule has 0 radical (unpaired) electrons. The molecule has 0 saturated heterocycles. The lowest BCUT2D eigenvalue weighted by Crippen LogP contribution is -2.37. The molecule has 0 heterocycles. The van der Waals surface area contributed by atoms with Crippen molar-refractivity contribution in [3.63, 3.8) is 0 Å². The summed E-state index contributed by atoms with van der Waals surface area (Å²) in [6.07, 6.45) is 1.66. The molecule has 108 valence electrons. The molecule has 0 aliphatic rings. The number of carbonyl (C=O) groups excluding carboxylic acids is 2. The van der Waals surface area contributed by atoms with Gasteiger partial charge in [-0.3, -0.25) is 9.59 Å². The minimum absolute atomic E-state index is 0.250. The standard InChI is InChI=1S/C15H21N3O2/c1-3-16-9-10-17-15(20)14(18-12(2)19)11-13-7-5-4-6-8-13/h4-8,11,16H,3,9-10H2,1-2H3,(H,17,20)(H,18,19)/b14-11+. The first kappa shape index (κ1) is 15.9. The van der Waals surface area contributed by atoms with Crippen molar-refractivity contribution in [3.8, 4) is 0 Å². The Bertz CT molecular complexity index is 469. The van der Waals surface area contributed by atoms with Gasteiger partial charge in [-0.25, -0.2) is 0 Å². The monoisotopic (exact) mass is 275 g/mol. The Kier molecular flexibility index (Phi) is 7.06. The SMILES string of the molecule is CCNCCNC(=O)/C(=C\c1ccccc1)NC(C)=O. The van der Waals surface area contributed by atoms with Crippen molar-refractivity contribution >= 4 is 17.9 Å². The molecule has 1 aromatic carbocycles. The third-order valence-corrected chi connectivity index (χ3v) is 2.50. The third kappa shape index (κ3) is 6.15. The molecule has 20 heavy (non-hydrogen) atoms. The maximum absolute atomic E-state index is 12.0. The molecule has 1 aromatic rings. The Morgan fingerprint density at radius 1 is 1.15 bits per heavy atom. The summed E-state index contributed by atoms with van der Waals surface area (Å²) in [5.41, 5.74) is 1.11. The fourth-order valence-electron chi connectivity index (χ4n) is 1.60.